The number of carbonyl (C=O) groups is 1. The van der Waals surface area contributed by atoms with Gasteiger partial charge in [-0.25, -0.2) is 4.39 Å². The van der Waals surface area contributed by atoms with Gasteiger partial charge in [-0.1, -0.05) is 26.0 Å². The van der Waals surface area contributed by atoms with Gasteiger partial charge in [0.25, 0.3) is 5.91 Å². The van der Waals surface area contributed by atoms with E-state index in [0.717, 1.165) is 24.4 Å². The van der Waals surface area contributed by atoms with Crippen LogP contribution in [-0.4, -0.2) is 28.5 Å². The Morgan fingerprint density at radius 1 is 1.17 bits per heavy atom. The molecule has 0 aliphatic carbocycles. The van der Waals surface area contributed by atoms with Gasteiger partial charge in [0, 0.05) is 31.5 Å². The molecular formula is C23H26FN3O2. The van der Waals surface area contributed by atoms with E-state index in [2.05, 4.69) is 40.9 Å². The quantitative estimate of drug-likeness (QED) is 0.680. The molecule has 0 bridgehead atoms. The van der Waals surface area contributed by atoms with E-state index in [1.807, 2.05) is 24.3 Å². The van der Waals surface area contributed by atoms with Crippen LogP contribution in [0.4, 0.5) is 4.39 Å². The van der Waals surface area contributed by atoms with E-state index < -0.39 is 0 Å². The molecule has 0 radical (unpaired) electrons. The number of furan rings is 1. The van der Waals surface area contributed by atoms with Crippen LogP contribution >= 0.6 is 0 Å². The number of hydrogen-bond donors (Lipinski definition) is 1. The second-order valence-electron chi connectivity index (χ2n) is 7.92. The van der Waals surface area contributed by atoms with Crippen molar-refractivity contribution < 1.29 is 13.6 Å². The lowest BCUT2D eigenvalue weighted by atomic mass is 9.99. The number of rotatable bonds is 6. The zero-order valence-electron chi connectivity index (χ0n) is 16.8. The predicted octanol–water partition coefficient (Wildman–Crippen LogP) is 4.21. The fourth-order valence-electron chi connectivity index (χ4n) is 3.80. The number of amides is 1. The van der Waals surface area contributed by atoms with Gasteiger partial charge in [0.05, 0.1) is 12.6 Å². The Bertz CT molecular complexity index is 974. The summed E-state index contributed by atoms with van der Waals surface area (Å²) in [7, 11) is 0. The molecule has 1 aliphatic heterocycles. The van der Waals surface area contributed by atoms with Crippen molar-refractivity contribution in [3.8, 4) is 0 Å². The van der Waals surface area contributed by atoms with Gasteiger partial charge in [-0.2, -0.15) is 0 Å². The van der Waals surface area contributed by atoms with Crippen molar-refractivity contribution in [2.75, 3.05) is 13.1 Å². The van der Waals surface area contributed by atoms with E-state index in [0.29, 0.717) is 24.8 Å². The summed E-state index contributed by atoms with van der Waals surface area (Å²) in [5, 5.41) is 2.88. The number of aromatic nitrogens is 1. The summed E-state index contributed by atoms with van der Waals surface area (Å²) >= 11 is 0. The third kappa shape index (κ3) is 4.27. The molecule has 2 aromatic heterocycles. The zero-order chi connectivity index (χ0) is 20.4. The maximum Gasteiger partial charge on any atom is 0.287 e. The van der Waals surface area contributed by atoms with Crippen molar-refractivity contribution in [1.82, 2.24) is 14.8 Å². The van der Waals surface area contributed by atoms with Crippen LogP contribution in [0.1, 0.15) is 47.5 Å². The second kappa shape index (κ2) is 8.25. The van der Waals surface area contributed by atoms with Gasteiger partial charge in [0.15, 0.2) is 5.76 Å². The standard InChI is InChI=1S/C23H26FN3O2/c1-16(2)14-25-23(28)21-10-9-19(29-21)15-27-13-12-26-11-3-4-20(26)22(27)17-5-7-18(24)8-6-17/h3-11,16,22H,12-15H2,1-2H3,(H,25,28)/t22-/m1/s1. The van der Waals surface area contributed by atoms with Crippen LogP contribution in [0.2, 0.25) is 0 Å². The third-order valence-electron chi connectivity index (χ3n) is 5.24. The lowest BCUT2D eigenvalue weighted by molar-refractivity contribution is 0.0914. The number of carbonyl (C=O) groups excluding carboxylic acids is 1. The number of benzene rings is 1. The van der Waals surface area contributed by atoms with Crippen molar-refractivity contribution in [1.29, 1.82) is 0 Å². The van der Waals surface area contributed by atoms with Gasteiger partial charge in [-0.3, -0.25) is 9.69 Å². The average Bonchev–Trinajstić information content (AvgIpc) is 3.36. The van der Waals surface area contributed by atoms with Gasteiger partial charge >= 0.3 is 0 Å². The second-order valence-corrected chi connectivity index (χ2v) is 7.92. The number of nitrogens with one attached hydrogen (secondary N) is 1. The molecule has 1 N–H and O–H groups in total. The molecular weight excluding hydrogens is 369 g/mol. The van der Waals surface area contributed by atoms with E-state index >= 15 is 0 Å². The summed E-state index contributed by atoms with van der Waals surface area (Å²) in [6, 6.07) is 14.4. The lowest BCUT2D eigenvalue weighted by Crippen LogP contribution is -2.37. The molecule has 3 aromatic rings. The molecule has 1 aliphatic rings. The number of nitrogens with zero attached hydrogens (tertiary/aromatic N) is 2. The minimum Gasteiger partial charge on any atom is -0.455 e. The van der Waals surface area contributed by atoms with Crippen LogP contribution in [-0.2, 0) is 13.1 Å². The summed E-state index contributed by atoms with van der Waals surface area (Å²) in [6.07, 6.45) is 2.08. The van der Waals surface area contributed by atoms with Crippen molar-refractivity contribution in [3.63, 3.8) is 0 Å². The molecule has 29 heavy (non-hydrogen) atoms. The lowest BCUT2D eigenvalue weighted by Gasteiger charge is -2.36. The summed E-state index contributed by atoms with van der Waals surface area (Å²) in [6.45, 7) is 7.00. The molecule has 0 spiro atoms. The normalized spacial score (nSPS) is 16.8. The van der Waals surface area contributed by atoms with Gasteiger partial charge in [-0.15, -0.1) is 0 Å². The number of fused-ring (bicyclic) bond motifs is 1. The molecule has 1 amide bonds. The molecule has 4 rings (SSSR count). The summed E-state index contributed by atoms with van der Waals surface area (Å²) in [5.41, 5.74) is 2.21. The zero-order valence-corrected chi connectivity index (χ0v) is 16.8. The van der Waals surface area contributed by atoms with Gasteiger partial charge in [0.2, 0.25) is 0 Å². The van der Waals surface area contributed by atoms with E-state index in [1.54, 1.807) is 6.07 Å². The largest absolute Gasteiger partial charge is 0.455 e. The van der Waals surface area contributed by atoms with Crippen LogP contribution in [0.5, 0.6) is 0 Å². The molecule has 3 heterocycles. The molecule has 0 unspecified atom stereocenters. The Balaban J connectivity index is 1.54. The van der Waals surface area contributed by atoms with Crippen molar-refractivity contribution in [2.24, 2.45) is 5.92 Å². The first-order valence-electron chi connectivity index (χ1n) is 10.0. The molecule has 5 nitrogen and oxygen atoms in total. The average molecular weight is 395 g/mol. The Morgan fingerprint density at radius 3 is 2.72 bits per heavy atom. The van der Waals surface area contributed by atoms with Crippen molar-refractivity contribution >= 4 is 5.91 Å². The predicted molar refractivity (Wildman–Crippen MR) is 109 cm³/mol. The SMILES string of the molecule is CC(C)CNC(=O)c1ccc(CN2CCn3cccc3[C@H]2c2ccc(F)cc2)o1. The van der Waals surface area contributed by atoms with Crippen LogP contribution in [0.3, 0.4) is 0 Å². The first-order chi connectivity index (χ1) is 14.0. The highest BCUT2D eigenvalue weighted by atomic mass is 19.1. The molecule has 1 aromatic carbocycles. The maximum atomic E-state index is 13.5. The molecule has 152 valence electrons. The summed E-state index contributed by atoms with van der Waals surface area (Å²) in [5.74, 6) is 1.03. The van der Waals surface area contributed by atoms with Gasteiger partial charge < -0.3 is 14.3 Å². The summed E-state index contributed by atoms with van der Waals surface area (Å²) < 4.78 is 21.5. The van der Waals surface area contributed by atoms with E-state index in [-0.39, 0.29) is 17.8 Å². The van der Waals surface area contributed by atoms with Crippen LogP contribution < -0.4 is 5.32 Å². The van der Waals surface area contributed by atoms with E-state index in [1.165, 1.54) is 17.8 Å². The van der Waals surface area contributed by atoms with E-state index in [4.69, 9.17) is 4.42 Å². The first-order valence-corrected chi connectivity index (χ1v) is 10.0. The van der Waals surface area contributed by atoms with Gasteiger partial charge in [-0.05, 0) is 47.9 Å². The fraction of sp³-hybridized carbons (Fsp3) is 0.348. The molecule has 1 atom stereocenters. The van der Waals surface area contributed by atoms with Crippen molar-refractivity contribution in [2.45, 2.75) is 33.0 Å². The number of halogens is 1. The van der Waals surface area contributed by atoms with Crippen LogP contribution in [0, 0.1) is 11.7 Å². The van der Waals surface area contributed by atoms with Crippen LogP contribution in [0.25, 0.3) is 0 Å². The van der Waals surface area contributed by atoms with Gasteiger partial charge in [0.1, 0.15) is 11.6 Å². The molecule has 0 fully saturated rings. The van der Waals surface area contributed by atoms with E-state index in [9.17, 15) is 9.18 Å². The first kappa shape index (κ1) is 19.5. The summed E-state index contributed by atoms with van der Waals surface area (Å²) in [4.78, 5) is 14.5. The highest BCUT2D eigenvalue weighted by Gasteiger charge is 2.29. The fourth-order valence-corrected chi connectivity index (χ4v) is 3.80. The molecule has 6 heteroatoms. The Kier molecular flexibility index (Phi) is 5.53. The van der Waals surface area contributed by atoms with Crippen molar-refractivity contribution in [3.05, 3.63) is 83.3 Å². The molecule has 0 saturated heterocycles. The third-order valence-corrected chi connectivity index (χ3v) is 5.24. The topological polar surface area (TPSA) is 50.4 Å². The Morgan fingerprint density at radius 2 is 1.97 bits per heavy atom. The molecule has 0 saturated carbocycles. The minimum atomic E-state index is -0.241. The minimum absolute atomic E-state index is 0.00247. The Labute approximate surface area is 170 Å². The van der Waals surface area contributed by atoms with Crippen LogP contribution in [0.15, 0.2) is 59.1 Å². The number of hydrogen-bond acceptors (Lipinski definition) is 3. The Hall–Kier alpha value is -2.86. The smallest absolute Gasteiger partial charge is 0.287 e. The maximum absolute atomic E-state index is 13.5. The monoisotopic (exact) mass is 395 g/mol. The highest BCUT2D eigenvalue weighted by Crippen LogP contribution is 2.33. The highest BCUT2D eigenvalue weighted by molar-refractivity contribution is 5.91.